The summed E-state index contributed by atoms with van der Waals surface area (Å²) in [4.78, 5) is 17.5. The van der Waals surface area contributed by atoms with Crippen LogP contribution in [-0.2, 0) is 11.2 Å². The van der Waals surface area contributed by atoms with Gasteiger partial charge in [0.05, 0.1) is 0 Å². The number of carboxylic acid groups (broad SMARTS) is 1. The van der Waals surface area contributed by atoms with Gasteiger partial charge in [-0.15, -0.1) is 0 Å². The highest BCUT2D eigenvalue weighted by Gasteiger charge is 2.48. The van der Waals surface area contributed by atoms with E-state index in [0.29, 0.717) is 6.42 Å². The van der Waals surface area contributed by atoms with Crippen molar-refractivity contribution in [3.05, 3.63) is 30.1 Å². The summed E-state index contributed by atoms with van der Waals surface area (Å²) in [6.45, 7) is 0.885. The van der Waals surface area contributed by atoms with Gasteiger partial charge in [0, 0.05) is 18.4 Å². The van der Waals surface area contributed by atoms with E-state index in [2.05, 4.69) is 4.98 Å². The first-order valence-electron chi connectivity index (χ1n) is 6.00. The average Bonchev–Trinajstić information content (AvgIpc) is 2.33. The first-order chi connectivity index (χ1) is 8.15. The molecule has 0 aromatic carbocycles. The fourth-order valence-corrected chi connectivity index (χ4v) is 2.41. The number of pyridine rings is 1. The zero-order valence-electron chi connectivity index (χ0n) is 10.1. The van der Waals surface area contributed by atoms with Crippen LogP contribution in [0.25, 0.3) is 0 Å². The molecule has 1 aliphatic rings. The summed E-state index contributed by atoms with van der Waals surface area (Å²) in [5.41, 5.74) is 0.421. The summed E-state index contributed by atoms with van der Waals surface area (Å²) < 4.78 is 0. The average molecular weight is 234 g/mol. The molecule has 2 rings (SSSR count). The molecular weight excluding hydrogens is 216 g/mol. The monoisotopic (exact) mass is 234 g/mol. The van der Waals surface area contributed by atoms with Gasteiger partial charge in [-0.25, -0.2) is 0 Å². The maximum absolute atomic E-state index is 11.3. The number of hydrogen-bond acceptors (Lipinski definition) is 3. The van der Waals surface area contributed by atoms with E-state index in [4.69, 9.17) is 0 Å². The molecule has 1 atom stereocenters. The molecule has 4 nitrogen and oxygen atoms in total. The van der Waals surface area contributed by atoms with Gasteiger partial charge in [0.25, 0.3) is 0 Å². The smallest absolute Gasteiger partial charge is 0.324 e. The summed E-state index contributed by atoms with van der Waals surface area (Å²) in [6, 6.07) is 5.84. The first-order valence-corrected chi connectivity index (χ1v) is 6.00. The highest BCUT2D eigenvalue weighted by atomic mass is 16.4. The lowest BCUT2D eigenvalue weighted by Crippen LogP contribution is -2.62. The van der Waals surface area contributed by atoms with E-state index in [-0.39, 0.29) is 0 Å². The number of likely N-dealkylation sites (N-methyl/N-ethyl adjacent to an activating group) is 1. The van der Waals surface area contributed by atoms with E-state index in [9.17, 15) is 9.90 Å². The number of rotatable bonds is 5. The van der Waals surface area contributed by atoms with Crippen LogP contribution in [0.3, 0.4) is 0 Å². The Hall–Kier alpha value is -1.42. The van der Waals surface area contributed by atoms with Gasteiger partial charge < -0.3 is 5.11 Å². The Morgan fingerprint density at radius 3 is 2.88 bits per heavy atom. The molecule has 0 spiro atoms. The number of nitrogens with zero attached hydrogens (tertiary/aromatic N) is 2. The fourth-order valence-electron chi connectivity index (χ4n) is 2.41. The summed E-state index contributed by atoms with van der Waals surface area (Å²) in [7, 11) is 1.89. The Morgan fingerprint density at radius 1 is 1.59 bits per heavy atom. The van der Waals surface area contributed by atoms with Gasteiger partial charge in [-0.2, -0.15) is 0 Å². The van der Waals surface area contributed by atoms with Gasteiger partial charge in [-0.1, -0.05) is 6.07 Å². The summed E-state index contributed by atoms with van der Waals surface area (Å²) in [6.07, 6.45) is 4.96. The second-order valence-corrected chi connectivity index (χ2v) is 4.68. The van der Waals surface area contributed by atoms with Crippen molar-refractivity contribution in [1.29, 1.82) is 0 Å². The van der Waals surface area contributed by atoms with Crippen LogP contribution in [0.1, 0.15) is 25.0 Å². The molecule has 4 heteroatoms. The second kappa shape index (κ2) is 4.84. The maximum atomic E-state index is 11.3. The van der Waals surface area contributed by atoms with E-state index in [1.807, 2.05) is 30.1 Å². The summed E-state index contributed by atoms with van der Waals surface area (Å²) >= 11 is 0. The Kier molecular flexibility index (Phi) is 3.43. The molecule has 1 unspecified atom stereocenters. The lowest BCUT2D eigenvalue weighted by atomic mass is 9.80. The zero-order valence-corrected chi connectivity index (χ0v) is 10.1. The number of aryl methyl sites for hydroxylation is 1. The van der Waals surface area contributed by atoms with Crippen molar-refractivity contribution in [3.63, 3.8) is 0 Å². The quantitative estimate of drug-likeness (QED) is 0.840. The summed E-state index contributed by atoms with van der Waals surface area (Å²) in [5, 5.41) is 9.29. The number of carbonyl (C=O) groups is 1. The largest absolute Gasteiger partial charge is 0.480 e. The number of aliphatic carboxylic acids is 1. The van der Waals surface area contributed by atoms with Crippen molar-refractivity contribution >= 4 is 5.97 Å². The maximum Gasteiger partial charge on any atom is 0.324 e. The molecular formula is C13H18N2O2. The molecule has 1 aliphatic heterocycles. The van der Waals surface area contributed by atoms with E-state index < -0.39 is 11.5 Å². The molecule has 0 amide bonds. The minimum atomic E-state index is -0.688. The normalized spacial score (nSPS) is 24.3. The standard InChI is InChI=1S/C13H18N2O2/c1-15-10-8-13(15,12(16)17)7-4-6-11-5-2-3-9-14-11/h2-3,5,9H,4,6-8,10H2,1H3,(H,16,17). The molecule has 1 N–H and O–H groups in total. The fraction of sp³-hybridized carbons (Fsp3) is 0.538. The van der Waals surface area contributed by atoms with Crippen molar-refractivity contribution in [1.82, 2.24) is 9.88 Å². The third-order valence-electron chi connectivity index (χ3n) is 3.74. The molecule has 2 heterocycles. The topological polar surface area (TPSA) is 53.4 Å². The predicted octanol–water partition coefficient (Wildman–Crippen LogP) is 1.56. The zero-order chi connectivity index (χ0) is 12.3. The lowest BCUT2D eigenvalue weighted by Gasteiger charge is -2.47. The number of likely N-dealkylation sites (tertiary alicyclic amines) is 1. The Labute approximate surface area is 101 Å². The number of aromatic nitrogens is 1. The molecule has 92 valence electrons. The van der Waals surface area contributed by atoms with Crippen LogP contribution in [0.5, 0.6) is 0 Å². The first kappa shape index (κ1) is 12.0. The van der Waals surface area contributed by atoms with Gasteiger partial charge in [0.1, 0.15) is 5.54 Å². The highest BCUT2D eigenvalue weighted by molar-refractivity contribution is 5.80. The van der Waals surface area contributed by atoms with Gasteiger partial charge in [-0.05, 0) is 44.9 Å². The molecule has 1 aromatic heterocycles. The molecule has 0 aliphatic carbocycles. The Balaban J connectivity index is 1.87. The van der Waals surface area contributed by atoms with Crippen LogP contribution in [-0.4, -0.2) is 40.1 Å². The number of carboxylic acids is 1. The van der Waals surface area contributed by atoms with Gasteiger partial charge in [0.2, 0.25) is 0 Å². The van der Waals surface area contributed by atoms with E-state index in [1.54, 1.807) is 6.20 Å². The molecule has 17 heavy (non-hydrogen) atoms. The summed E-state index contributed by atoms with van der Waals surface area (Å²) in [5.74, 6) is -0.688. The molecule has 1 fully saturated rings. The minimum Gasteiger partial charge on any atom is -0.480 e. The van der Waals surface area contributed by atoms with Crippen LogP contribution < -0.4 is 0 Å². The van der Waals surface area contributed by atoms with Crippen molar-refractivity contribution < 1.29 is 9.90 Å². The third-order valence-corrected chi connectivity index (χ3v) is 3.74. The van der Waals surface area contributed by atoms with E-state index >= 15 is 0 Å². The molecule has 0 bridgehead atoms. The van der Waals surface area contributed by atoms with Crippen molar-refractivity contribution in [2.75, 3.05) is 13.6 Å². The molecule has 1 saturated heterocycles. The van der Waals surface area contributed by atoms with Crippen molar-refractivity contribution in [2.45, 2.75) is 31.2 Å². The Bertz CT molecular complexity index is 394. The predicted molar refractivity (Wildman–Crippen MR) is 64.8 cm³/mol. The number of hydrogen-bond donors (Lipinski definition) is 1. The van der Waals surface area contributed by atoms with Gasteiger partial charge >= 0.3 is 5.97 Å². The Morgan fingerprint density at radius 2 is 2.41 bits per heavy atom. The van der Waals surface area contributed by atoms with Crippen molar-refractivity contribution in [2.24, 2.45) is 0 Å². The van der Waals surface area contributed by atoms with Crippen LogP contribution in [0.2, 0.25) is 0 Å². The van der Waals surface area contributed by atoms with E-state index in [0.717, 1.165) is 31.5 Å². The van der Waals surface area contributed by atoms with Crippen LogP contribution in [0.4, 0.5) is 0 Å². The lowest BCUT2D eigenvalue weighted by molar-refractivity contribution is -0.160. The molecule has 0 radical (unpaired) electrons. The second-order valence-electron chi connectivity index (χ2n) is 4.68. The van der Waals surface area contributed by atoms with Gasteiger partial charge in [0.15, 0.2) is 0 Å². The van der Waals surface area contributed by atoms with Crippen LogP contribution in [0.15, 0.2) is 24.4 Å². The van der Waals surface area contributed by atoms with Gasteiger partial charge in [-0.3, -0.25) is 14.7 Å². The SMILES string of the molecule is CN1CCC1(CCCc1ccccn1)C(=O)O. The molecule has 1 aromatic rings. The molecule has 0 saturated carbocycles. The van der Waals surface area contributed by atoms with Crippen LogP contribution >= 0.6 is 0 Å². The highest BCUT2D eigenvalue weighted by Crippen LogP contribution is 2.34. The van der Waals surface area contributed by atoms with Crippen molar-refractivity contribution in [3.8, 4) is 0 Å². The van der Waals surface area contributed by atoms with Crippen LogP contribution in [0, 0.1) is 0 Å². The minimum absolute atomic E-state index is 0.616. The van der Waals surface area contributed by atoms with E-state index in [1.165, 1.54) is 0 Å². The third kappa shape index (κ3) is 2.31.